The molecular weight excluding hydrogens is 510 g/mol. The summed E-state index contributed by atoms with van der Waals surface area (Å²) in [6, 6.07) is 22.5. The molecule has 0 saturated carbocycles. The fourth-order valence-electron chi connectivity index (χ4n) is 4.11. The molecule has 208 valence electrons. The zero-order valence-electron chi connectivity index (χ0n) is 23.4. The molecule has 1 N–H and O–H groups in total. The Morgan fingerprint density at radius 1 is 0.846 bits per heavy atom. The Bertz CT molecular complexity index is 1340. The number of carbonyl (C=O) groups is 2. The maximum absolute atomic E-state index is 13.9. The highest BCUT2D eigenvalue weighted by Gasteiger charge is 2.32. The van der Waals surface area contributed by atoms with Crippen LogP contribution in [0.1, 0.15) is 43.9 Å². The van der Waals surface area contributed by atoms with Gasteiger partial charge in [-0.1, -0.05) is 72.6 Å². The summed E-state index contributed by atoms with van der Waals surface area (Å²) < 4.78 is 28.8. The second kappa shape index (κ2) is 13.4. The van der Waals surface area contributed by atoms with E-state index in [1.807, 2.05) is 70.2 Å². The van der Waals surface area contributed by atoms with Gasteiger partial charge in [0, 0.05) is 12.6 Å². The van der Waals surface area contributed by atoms with Crippen molar-refractivity contribution in [2.24, 2.45) is 0 Å². The summed E-state index contributed by atoms with van der Waals surface area (Å²) in [6.07, 6.45) is 1.29. The maximum atomic E-state index is 13.9. The molecule has 0 radical (unpaired) electrons. The first-order valence-corrected chi connectivity index (χ1v) is 14.8. The fourth-order valence-corrected chi connectivity index (χ4v) is 5.53. The van der Waals surface area contributed by atoms with Crippen molar-refractivity contribution in [2.75, 3.05) is 17.4 Å². The third-order valence-electron chi connectivity index (χ3n) is 6.86. The lowest BCUT2D eigenvalue weighted by Gasteiger charge is -2.32. The summed E-state index contributed by atoms with van der Waals surface area (Å²) in [5, 5.41) is 2.95. The van der Waals surface area contributed by atoms with E-state index in [2.05, 4.69) is 5.32 Å². The van der Waals surface area contributed by atoms with Gasteiger partial charge in [0.05, 0.1) is 10.6 Å². The van der Waals surface area contributed by atoms with Crippen molar-refractivity contribution in [2.45, 2.75) is 64.4 Å². The van der Waals surface area contributed by atoms with Gasteiger partial charge in [-0.25, -0.2) is 8.42 Å². The number of nitrogens with one attached hydrogen (secondary N) is 1. The first-order chi connectivity index (χ1) is 18.5. The number of amides is 2. The Kier molecular flexibility index (Phi) is 10.3. The second-order valence-electron chi connectivity index (χ2n) is 9.98. The summed E-state index contributed by atoms with van der Waals surface area (Å²) >= 11 is 0. The van der Waals surface area contributed by atoms with E-state index in [1.165, 1.54) is 4.90 Å². The average molecular weight is 550 g/mol. The molecule has 0 aromatic heterocycles. The van der Waals surface area contributed by atoms with Gasteiger partial charge < -0.3 is 10.2 Å². The minimum Gasteiger partial charge on any atom is -0.352 e. The van der Waals surface area contributed by atoms with Crippen LogP contribution in [0, 0.1) is 13.8 Å². The van der Waals surface area contributed by atoms with E-state index in [1.54, 1.807) is 43.3 Å². The third kappa shape index (κ3) is 7.93. The quantitative estimate of drug-likeness (QED) is 0.349. The minimum atomic E-state index is -4.06. The number of benzene rings is 3. The molecule has 0 unspecified atom stereocenters. The van der Waals surface area contributed by atoms with Crippen molar-refractivity contribution in [1.82, 2.24) is 10.2 Å². The summed E-state index contributed by atoms with van der Waals surface area (Å²) in [7, 11) is -4.06. The summed E-state index contributed by atoms with van der Waals surface area (Å²) in [5.74, 6) is -0.719. The molecule has 0 aliphatic heterocycles. The number of carbonyl (C=O) groups excluding carboxylic acids is 2. The van der Waals surface area contributed by atoms with Gasteiger partial charge in [-0.15, -0.1) is 0 Å². The SMILES string of the molecule is CC[C@H](C)NC(=O)[C@H](C)N(CCc1ccccc1)C(=O)CN(c1ccc(C)cc1)S(=O)(=O)c1ccc(C)cc1. The first kappa shape index (κ1) is 29.9. The van der Waals surface area contributed by atoms with Gasteiger partial charge in [-0.3, -0.25) is 13.9 Å². The number of hydrogen-bond acceptors (Lipinski definition) is 4. The zero-order valence-corrected chi connectivity index (χ0v) is 24.2. The molecule has 0 fully saturated rings. The minimum absolute atomic E-state index is 0.0444. The normalized spacial score (nSPS) is 12.8. The van der Waals surface area contributed by atoms with E-state index in [0.29, 0.717) is 12.1 Å². The largest absolute Gasteiger partial charge is 0.352 e. The molecule has 0 heterocycles. The molecule has 3 rings (SSSR count). The van der Waals surface area contributed by atoms with Gasteiger partial charge in [-0.05, 0) is 70.4 Å². The van der Waals surface area contributed by atoms with Gasteiger partial charge in [0.1, 0.15) is 12.6 Å². The summed E-state index contributed by atoms with van der Waals surface area (Å²) in [5.41, 5.74) is 3.31. The Morgan fingerprint density at radius 3 is 1.97 bits per heavy atom. The van der Waals surface area contributed by atoms with Gasteiger partial charge in [-0.2, -0.15) is 0 Å². The smallest absolute Gasteiger partial charge is 0.264 e. The molecule has 39 heavy (non-hydrogen) atoms. The number of sulfonamides is 1. The summed E-state index contributed by atoms with van der Waals surface area (Å²) in [6.45, 7) is 9.20. The van der Waals surface area contributed by atoms with Crippen LogP contribution in [0.5, 0.6) is 0 Å². The van der Waals surface area contributed by atoms with Crippen LogP contribution < -0.4 is 9.62 Å². The van der Waals surface area contributed by atoms with E-state index in [-0.39, 0.29) is 23.4 Å². The molecule has 0 bridgehead atoms. The number of anilines is 1. The average Bonchev–Trinajstić information content (AvgIpc) is 2.93. The van der Waals surface area contributed by atoms with Gasteiger partial charge >= 0.3 is 0 Å². The van der Waals surface area contributed by atoms with Crippen molar-refractivity contribution in [3.05, 3.63) is 95.6 Å². The van der Waals surface area contributed by atoms with Gasteiger partial charge in [0.25, 0.3) is 10.0 Å². The topological polar surface area (TPSA) is 86.8 Å². The molecule has 3 aromatic carbocycles. The van der Waals surface area contributed by atoms with Crippen molar-refractivity contribution >= 4 is 27.5 Å². The van der Waals surface area contributed by atoms with Crippen LogP contribution >= 0.6 is 0 Å². The van der Waals surface area contributed by atoms with Crippen LogP contribution in [0.15, 0.2) is 83.8 Å². The first-order valence-electron chi connectivity index (χ1n) is 13.3. The van der Waals surface area contributed by atoms with E-state index < -0.39 is 28.5 Å². The molecule has 7 nitrogen and oxygen atoms in total. The van der Waals surface area contributed by atoms with Gasteiger partial charge in [0.2, 0.25) is 11.8 Å². The molecule has 2 atom stereocenters. The van der Waals surface area contributed by atoms with Crippen LogP contribution in [-0.4, -0.2) is 50.3 Å². The van der Waals surface area contributed by atoms with Crippen LogP contribution in [0.3, 0.4) is 0 Å². The Hall–Kier alpha value is -3.65. The van der Waals surface area contributed by atoms with Gasteiger partial charge in [0.15, 0.2) is 0 Å². The van der Waals surface area contributed by atoms with E-state index in [0.717, 1.165) is 27.4 Å². The molecule has 0 aliphatic rings. The highest BCUT2D eigenvalue weighted by Crippen LogP contribution is 2.25. The molecule has 8 heteroatoms. The Balaban J connectivity index is 1.96. The van der Waals surface area contributed by atoms with E-state index >= 15 is 0 Å². The van der Waals surface area contributed by atoms with Crippen molar-refractivity contribution in [3.63, 3.8) is 0 Å². The van der Waals surface area contributed by atoms with Crippen LogP contribution in [0.2, 0.25) is 0 Å². The lowest BCUT2D eigenvalue weighted by Crippen LogP contribution is -2.53. The molecule has 0 aliphatic carbocycles. The predicted octanol–water partition coefficient (Wildman–Crippen LogP) is 4.87. The monoisotopic (exact) mass is 549 g/mol. The molecule has 0 saturated heterocycles. The molecule has 3 aromatic rings. The van der Waals surface area contributed by atoms with Crippen molar-refractivity contribution in [1.29, 1.82) is 0 Å². The maximum Gasteiger partial charge on any atom is 0.264 e. The standard InChI is InChI=1S/C31H39N3O4S/c1-6-25(4)32-31(36)26(5)33(21-20-27-10-8-7-9-11-27)30(35)22-34(28-16-12-23(2)13-17-28)39(37,38)29-18-14-24(3)15-19-29/h7-19,25-26H,6,20-22H2,1-5H3,(H,32,36)/t25-,26-/m0/s1. The van der Waals surface area contributed by atoms with Crippen LogP contribution in [0.4, 0.5) is 5.69 Å². The third-order valence-corrected chi connectivity index (χ3v) is 8.65. The highest BCUT2D eigenvalue weighted by molar-refractivity contribution is 7.92. The summed E-state index contributed by atoms with van der Waals surface area (Å²) in [4.78, 5) is 28.5. The molecule has 2 amide bonds. The Morgan fingerprint density at radius 2 is 1.41 bits per heavy atom. The number of rotatable bonds is 12. The second-order valence-corrected chi connectivity index (χ2v) is 11.8. The number of aryl methyl sites for hydroxylation is 2. The lowest BCUT2D eigenvalue weighted by molar-refractivity contribution is -0.139. The van der Waals surface area contributed by atoms with Crippen LogP contribution in [0.25, 0.3) is 0 Å². The molecular formula is C31H39N3O4S. The van der Waals surface area contributed by atoms with E-state index in [4.69, 9.17) is 0 Å². The lowest BCUT2D eigenvalue weighted by atomic mass is 10.1. The number of hydrogen-bond donors (Lipinski definition) is 1. The Labute approximate surface area is 232 Å². The number of nitrogens with zero attached hydrogens (tertiary/aromatic N) is 2. The zero-order chi connectivity index (χ0) is 28.6. The highest BCUT2D eigenvalue weighted by atomic mass is 32.2. The van der Waals surface area contributed by atoms with Crippen molar-refractivity contribution in [3.8, 4) is 0 Å². The fraction of sp³-hybridized carbons (Fsp3) is 0.355. The van der Waals surface area contributed by atoms with Crippen LogP contribution in [-0.2, 0) is 26.0 Å². The predicted molar refractivity (Wildman–Crippen MR) is 156 cm³/mol. The molecule has 0 spiro atoms. The van der Waals surface area contributed by atoms with Crippen molar-refractivity contribution < 1.29 is 18.0 Å². The van der Waals surface area contributed by atoms with E-state index in [9.17, 15) is 18.0 Å².